The van der Waals surface area contributed by atoms with Gasteiger partial charge >= 0.3 is 0 Å². The van der Waals surface area contributed by atoms with E-state index in [4.69, 9.17) is 27.9 Å². The molecule has 1 rings (SSSR count). The van der Waals surface area contributed by atoms with Gasteiger partial charge in [-0.1, -0.05) is 43.1 Å². The Hall–Kier alpha value is -0.440. The van der Waals surface area contributed by atoms with Crippen LogP contribution < -0.4 is 10.1 Å². The van der Waals surface area contributed by atoms with E-state index in [1.165, 1.54) is 0 Å². The summed E-state index contributed by atoms with van der Waals surface area (Å²) in [5, 5.41) is 4.53. The van der Waals surface area contributed by atoms with Crippen molar-refractivity contribution in [2.24, 2.45) is 0 Å². The highest BCUT2D eigenvalue weighted by molar-refractivity contribution is 6.37. The molecule has 0 aromatic heterocycles. The third kappa shape index (κ3) is 4.74. The van der Waals surface area contributed by atoms with Gasteiger partial charge in [0.15, 0.2) is 5.75 Å². The third-order valence-corrected chi connectivity index (χ3v) is 3.28. The summed E-state index contributed by atoms with van der Waals surface area (Å²) in [5.41, 5.74) is 0. The van der Waals surface area contributed by atoms with Gasteiger partial charge in [-0.05, 0) is 25.0 Å². The van der Waals surface area contributed by atoms with Crippen LogP contribution in [0.15, 0.2) is 18.2 Å². The molecule has 0 saturated heterocycles. The van der Waals surface area contributed by atoms with Crippen molar-refractivity contribution in [3.05, 3.63) is 28.2 Å². The zero-order valence-corrected chi connectivity index (χ0v) is 11.8. The van der Waals surface area contributed by atoms with E-state index in [0.29, 0.717) is 28.4 Å². The predicted octanol–water partition coefficient (Wildman–Crippen LogP) is 4.15. The van der Waals surface area contributed by atoms with Crippen LogP contribution in [0.2, 0.25) is 10.0 Å². The second kappa shape index (κ2) is 7.80. The molecule has 17 heavy (non-hydrogen) atoms. The minimum atomic E-state index is 0.556. The normalized spacial score (nSPS) is 10.9. The van der Waals surface area contributed by atoms with Crippen molar-refractivity contribution in [2.45, 2.75) is 32.7 Å². The van der Waals surface area contributed by atoms with Gasteiger partial charge in [0.1, 0.15) is 6.61 Å². The lowest BCUT2D eigenvalue weighted by molar-refractivity contribution is 0.302. The smallest absolute Gasteiger partial charge is 0.156 e. The van der Waals surface area contributed by atoms with Crippen molar-refractivity contribution in [3.63, 3.8) is 0 Å². The molecule has 1 aromatic carbocycles. The molecule has 0 aliphatic heterocycles. The lowest BCUT2D eigenvalue weighted by Gasteiger charge is -2.15. The molecule has 0 unspecified atom stereocenters. The summed E-state index contributed by atoms with van der Waals surface area (Å²) in [4.78, 5) is 0. The van der Waals surface area contributed by atoms with Crippen LogP contribution in [0.1, 0.15) is 26.7 Å². The number of benzene rings is 1. The Balaban J connectivity index is 2.36. The highest BCUT2D eigenvalue weighted by atomic mass is 35.5. The molecule has 0 spiro atoms. The Morgan fingerprint density at radius 1 is 1.18 bits per heavy atom. The number of hydrogen-bond acceptors (Lipinski definition) is 2. The molecule has 0 saturated carbocycles. The van der Waals surface area contributed by atoms with Gasteiger partial charge < -0.3 is 10.1 Å². The van der Waals surface area contributed by atoms with Gasteiger partial charge in [0, 0.05) is 12.6 Å². The fraction of sp³-hybridized carbons (Fsp3) is 0.538. The Kier molecular flexibility index (Phi) is 6.71. The molecule has 0 radical (unpaired) electrons. The number of para-hydroxylation sites is 1. The van der Waals surface area contributed by atoms with Gasteiger partial charge in [-0.3, -0.25) is 0 Å². The quantitative estimate of drug-likeness (QED) is 0.755. The Labute approximate surface area is 113 Å². The van der Waals surface area contributed by atoms with E-state index in [2.05, 4.69) is 19.2 Å². The summed E-state index contributed by atoms with van der Waals surface area (Å²) in [6.07, 6.45) is 2.26. The van der Waals surface area contributed by atoms with E-state index < -0.39 is 0 Å². The van der Waals surface area contributed by atoms with E-state index in [1.54, 1.807) is 18.2 Å². The van der Waals surface area contributed by atoms with Gasteiger partial charge in [-0.15, -0.1) is 0 Å². The van der Waals surface area contributed by atoms with Crippen LogP contribution in [-0.2, 0) is 0 Å². The molecule has 0 amide bonds. The molecular formula is C13H19Cl2NO. The zero-order chi connectivity index (χ0) is 12.7. The summed E-state index contributed by atoms with van der Waals surface area (Å²) in [7, 11) is 0. The second-order valence-electron chi connectivity index (χ2n) is 3.87. The van der Waals surface area contributed by atoms with Crippen molar-refractivity contribution in [1.29, 1.82) is 0 Å². The first-order chi connectivity index (χ1) is 8.19. The molecule has 1 N–H and O–H groups in total. The van der Waals surface area contributed by atoms with Crippen molar-refractivity contribution in [2.75, 3.05) is 13.2 Å². The fourth-order valence-corrected chi connectivity index (χ4v) is 2.12. The van der Waals surface area contributed by atoms with Crippen LogP contribution in [0.3, 0.4) is 0 Å². The summed E-state index contributed by atoms with van der Waals surface area (Å²) in [6, 6.07) is 5.91. The van der Waals surface area contributed by atoms with Gasteiger partial charge in [0.05, 0.1) is 10.0 Å². The van der Waals surface area contributed by atoms with E-state index >= 15 is 0 Å². The van der Waals surface area contributed by atoms with E-state index in [9.17, 15) is 0 Å². The van der Waals surface area contributed by atoms with Crippen molar-refractivity contribution >= 4 is 23.2 Å². The highest BCUT2D eigenvalue weighted by Gasteiger charge is 2.06. The summed E-state index contributed by atoms with van der Waals surface area (Å²) >= 11 is 12.0. The third-order valence-electron chi connectivity index (χ3n) is 2.69. The van der Waals surface area contributed by atoms with Crippen LogP contribution in [0, 0.1) is 0 Å². The van der Waals surface area contributed by atoms with Crippen molar-refractivity contribution in [1.82, 2.24) is 5.32 Å². The molecule has 0 fully saturated rings. The zero-order valence-electron chi connectivity index (χ0n) is 10.3. The van der Waals surface area contributed by atoms with Crippen LogP contribution in [0.4, 0.5) is 0 Å². The molecule has 2 nitrogen and oxygen atoms in total. The van der Waals surface area contributed by atoms with Crippen LogP contribution in [-0.4, -0.2) is 19.2 Å². The average Bonchev–Trinajstić information content (AvgIpc) is 2.32. The maximum Gasteiger partial charge on any atom is 0.156 e. The minimum absolute atomic E-state index is 0.556. The van der Waals surface area contributed by atoms with E-state index in [-0.39, 0.29) is 0 Å². The van der Waals surface area contributed by atoms with Gasteiger partial charge in [0.2, 0.25) is 0 Å². The molecule has 0 aliphatic carbocycles. The molecule has 96 valence electrons. The van der Waals surface area contributed by atoms with E-state index in [0.717, 1.165) is 19.4 Å². The molecule has 0 aliphatic rings. The van der Waals surface area contributed by atoms with E-state index in [1.807, 2.05) is 0 Å². The maximum absolute atomic E-state index is 6.00. The summed E-state index contributed by atoms with van der Waals surface area (Å²) in [5.74, 6) is 0.571. The maximum atomic E-state index is 6.00. The number of nitrogens with one attached hydrogen (secondary N) is 1. The van der Waals surface area contributed by atoms with Gasteiger partial charge in [0.25, 0.3) is 0 Å². The number of ether oxygens (including phenoxy) is 1. The lowest BCUT2D eigenvalue weighted by atomic mass is 10.2. The highest BCUT2D eigenvalue weighted by Crippen LogP contribution is 2.32. The largest absolute Gasteiger partial charge is 0.489 e. The molecule has 4 heteroatoms. The molecule has 0 heterocycles. The van der Waals surface area contributed by atoms with Crippen molar-refractivity contribution in [3.8, 4) is 5.75 Å². The minimum Gasteiger partial charge on any atom is -0.489 e. The summed E-state index contributed by atoms with van der Waals surface area (Å²) in [6.45, 7) is 5.72. The van der Waals surface area contributed by atoms with Crippen LogP contribution in [0.25, 0.3) is 0 Å². The second-order valence-corrected chi connectivity index (χ2v) is 4.68. The number of hydrogen-bond donors (Lipinski definition) is 1. The number of halogens is 2. The van der Waals surface area contributed by atoms with Gasteiger partial charge in [-0.25, -0.2) is 0 Å². The van der Waals surface area contributed by atoms with Crippen molar-refractivity contribution < 1.29 is 4.74 Å². The average molecular weight is 276 g/mol. The van der Waals surface area contributed by atoms with Gasteiger partial charge in [-0.2, -0.15) is 0 Å². The SMILES string of the molecule is CCC(CC)NCCOc1c(Cl)cccc1Cl. The van der Waals surface area contributed by atoms with Crippen LogP contribution >= 0.6 is 23.2 Å². The Morgan fingerprint density at radius 3 is 2.29 bits per heavy atom. The Morgan fingerprint density at radius 2 is 1.76 bits per heavy atom. The standard InChI is InChI=1S/C13H19Cl2NO/c1-3-10(4-2)16-8-9-17-13-11(14)6-5-7-12(13)15/h5-7,10,16H,3-4,8-9H2,1-2H3. The molecule has 1 aromatic rings. The molecule has 0 bridgehead atoms. The molecule has 0 atom stereocenters. The first-order valence-corrected chi connectivity index (χ1v) is 6.74. The lowest BCUT2D eigenvalue weighted by Crippen LogP contribution is -2.31. The van der Waals surface area contributed by atoms with Crippen LogP contribution in [0.5, 0.6) is 5.75 Å². The molecular weight excluding hydrogens is 257 g/mol. The first kappa shape index (κ1) is 14.6. The topological polar surface area (TPSA) is 21.3 Å². The first-order valence-electron chi connectivity index (χ1n) is 5.99. The number of rotatable bonds is 7. The fourth-order valence-electron chi connectivity index (χ4n) is 1.61. The summed E-state index contributed by atoms with van der Waals surface area (Å²) < 4.78 is 5.58. The monoisotopic (exact) mass is 275 g/mol. The Bertz CT molecular complexity index is 320. The predicted molar refractivity (Wildman–Crippen MR) is 74.3 cm³/mol.